The van der Waals surface area contributed by atoms with Gasteiger partial charge in [0.1, 0.15) is 0 Å². The minimum absolute atomic E-state index is 0.181. The Morgan fingerprint density at radius 3 is 2.92 bits per heavy atom. The van der Waals surface area contributed by atoms with Gasteiger partial charge in [-0.1, -0.05) is 31.0 Å². The van der Waals surface area contributed by atoms with Crippen LogP contribution in [0.5, 0.6) is 0 Å². The third-order valence-corrected chi connectivity index (χ3v) is 5.24. The Labute approximate surface area is 140 Å². The van der Waals surface area contributed by atoms with E-state index in [2.05, 4.69) is 15.5 Å². The molecule has 1 aromatic carbocycles. The lowest BCUT2D eigenvalue weighted by Crippen LogP contribution is -2.36. The van der Waals surface area contributed by atoms with E-state index in [1.165, 1.54) is 12.8 Å². The molecule has 2 fully saturated rings. The molecule has 1 saturated carbocycles. The van der Waals surface area contributed by atoms with Gasteiger partial charge in [0.05, 0.1) is 5.52 Å². The smallest absolute Gasteiger partial charge is 0.272 e. The third kappa shape index (κ3) is 2.77. The molecule has 0 unspecified atom stereocenters. The Hall–Kier alpha value is -2.37. The first-order valence-electron chi connectivity index (χ1n) is 8.73. The van der Waals surface area contributed by atoms with E-state index < -0.39 is 0 Å². The number of fused-ring (bicyclic) bond motifs is 1. The van der Waals surface area contributed by atoms with Crippen molar-refractivity contribution in [3.05, 3.63) is 30.0 Å². The second kappa shape index (κ2) is 6.26. The van der Waals surface area contributed by atoms with E-state index >= 15 is 0 Å². The lowest BCUT2D eigenvalue weighted by Gasteiger charge is -2.24. The van der Waals surface area contributed by atoms with Crippen LogP contribution in [0.3, 0.4) is 0 Å². The molecule has 1 aliphatic heterocycles. The van der Waals surface area contributed by atoms with E-state index in [0.29, 0.717) is 24.7 Å². The Kier molecular flexibility index (Phi) is 3.96. The van der Waals surface area contributed by atoms with Crippen LogP contribution in [-0.4, -0.2) is 46.0 Å². The van der Waals surface area contributed by atoms with Crippen molar-refractivity contribution in [2.45, 2.75) is 38.1 Å². The standard InChI is InChI=1S/C18H22N4O2/c23-16-9-12(11-22(16)13-5-1-2-6-13)10-19-18(24)17-14-7-3-4-8-15(14)20-21-17/h3-4,7-8,12-13H,1-2,5-6,9-11H2,(H,19,24)(H,20,21)/t12-/m0/s1. The lowest BCUT2D eigenvalue weighted by atomic mass is 10.1. The van der Waals surface area contributed by atoms with Crippen LogP contribution in [-0.2, 0) is 4.79 Å². The van der Waals surface area contributed by atoms with E-state index in [0.717, 1.165) is 30.3 Å². The van der Waals surface area contributed by atoms with Gasteiger partial charge < -0.3 is 10.2 Å². The summed E-state index contributed by atoms with van der Waals surface area (Å²) in [5.74, 6) is 0.262. The van der Waals surface area contributed by atoms with Crippen LogP contribution in [0.15, 0.2) is 24.3 Å². The molecule has 2 aromatic rings. The highest BCUT2D eigenvalue weighted by Crippen LogP contribution is 2.29. The minimum atomic E-state index is -0.181. The van der Waals surface area contributed by atoms with Gasteiger partial charge in [0.15, 0.2) is 5.69 Å². The van der Waals surface area contributed by atoms with Gasteiger partial charge in [-0.3, -0.25) is 14.7 Å². The minimum Gasteiger partial charge on any atom is -0.350 e. The number of likely N-dealkylation sites (tertiary alicyclic amines) is 1. The number of H-pyrrole nitrogens is 1. The van der Waals surface area contributed by atoms with E-state index in [1.54, 1.807) is 0 Å². The fourth-order valence-electron chi connectivity index (χ4n) is 3.97. The van der Waals surface area contributed by atoms with Gasteiger partial charge in [0.2, 0.25) is 5.91 Å². The summed E-state index contributed by atoms with van der Waals surface area (Å²) < 4.78 is 0. The summed E-state index contributed by atoms with van der Waals surface area (Å²) >= 11 is 0. The van der Waals surface area contributed by atoms with Crippen molar-refractivity contribution >= 4 is 22.7 Å². The Bertz CT molecular complexity index is 763. The Morgan fingerprint density at radius 2 is 2.08 bits per heavy atom. The molecule has 126 valence electrons. The highest BCUT2D eigenvalue weighted by Gasteiger charge is 2.35. The van der Waals surface area contributed by atoms with E-state index in [9.17, 15) is 9.59 Å². The topological polar surface area (TPSA) is 78.1 Å². The van der Waals surface area contributed by atoms with Gasteiger partial charge >= 0.3 is 0 Å². The quantitative estimate of drug-likeness (QED) is 0.903. The van der Waals surface area contributed by atoms with Gasteiger partial charge in [0, 0.05) is 36.9 Å². The largest absolute Gasteiger partial charge is 0.350 e. The zero-order valence-corrected chi connectivity index (χ0v) is 13.6. The average molecular weight is 326 g/mol. The molecular weight excluding hydrogens is 304 g/mol. The predicted molar refractivity (Wildman–Crippen MR) is 90.5 cm³/mol. The van der Waals surface area contributed by atoms with Gasteiger partial charge in [-0.05, 0) is 18.9 Å². The molecule has 6 heteroatoms. The molecule has 1 aromatic heterocycles. The van der Waals surface area contributed by atoms with E-state index in [-0.39, 0.29) is 17.7 Å². The zero-order chi connectivity index (χ0) is 16.5. The number of benzene rings is 1. The number of carbonyl (C=O) groups is 2. The van der Waals surface area contributed by atoms with E-state index in [4.69, 9.17) is 0 Å². The molecule has 0 spiro atoms. The van der Waals surface area contributed by atoms with Crippen molar-refractivity contribution in [3.8, 4) is 0 Å². The summed E-state index contributed by atoms with van der Waals surface area (Å²) in [7, 11) is 0. The van der Waals surface area contributed by atoms with Crippen molar-refractivity contribution < 1.29 is 9.59 Å². The van der Waals surface area contributed by atoms with Crippen LogP contribution in [0.1, 0.15) is 42.6 Å². The maximum Gasteiger partial charge on any atom is 0.272 e. The summed E-state index contributed by atoms with van der Waals surface area (Å²) in [6.07, 6.45) is 5.25. The number of rotatable bonds is 4. The molecule has 6 nitrogen and oxygen atoms in total. The monoisotopic (exact) mass is 326 g/mol. The molecule has 1 atom stereocenters. The summed E-state index contributed by atoms with van der Waals surface area (Å²) in [5.41, 5.74) is 1.27. The van der Waals surface area contributed by atoms with Crippen LogP contribution >= 0.6 is 0 Å². The van der Waals surface area contributed by atoms with Crippen LogP contribution in [0.2, 0.25) is 0 Å². The number of aromatic nitrogens is 2. The molecular formula is C18H22N4O2. The number of hydrogen-bond donors (Lipinski definition) is 2. The van der Waals surface area contributed by atoms with Crippen LogP contribution in [0.4, 0.5) is 0 Å². The molecule has 0 radical (unpaired) electrons. The number of hydrogen-bond acceptors (Lipinski definition) is 3. The van der Waals surface area contributed by atoms with Gasteiger partial charge in [-0.2, -0.15) is 5.10 Å². The van der Waals surface area contributed by atoms with Crippen molar-refractivity contribution in [1.82, 2.24) is 20.4 Å². The lowest BCUT2D eigenvalue weighted by molar-refractivity contribution is -0.129. The molecule has 2 aliphatic rings. The second-order valence-corrected chi connectivity index (χ2v) is 6.88. The number of amides is 2. The molecule has 2 amide bonds. The third-order valence-electron chi connectivity index (χ3n) is 5.24. The normalized spacial score (nSPS) is 21.8. The molecule has 1 aliphatic carbocycles. The van der Waals surface area contributed by atoms with Crippen LogP contribution in [0, 0.1) is 5.92 Å². The van der Waals surface area contributed by atoms with Crippen molar-refractivity contribution in [1.29, 1.82) is 0 Å². The Morgan fingerprint density at radius 1 is 1.29 bits per heavy atom. The SMILES string of the molecule is O=C(NC[C@@H]1CC(=O)N(C2CCCC2)C1)c1n[nH]c2ccccc12. The van der Waals surface area contributed by atoms with Crippen LogP contribution in [0.25, 0.3) is 10.9 Å². The second-order valence-electron chi connectivity index (χ2n) is 6.88. The molecule has 0 bridgehead atoms. The van der Waals surface area contributed by atoms with Gasteiger partial charge in [0.25, 0.3) is 5.91 Å². The maximum atomic E-state index is 12.4. The highest BCUT2D eigenvalue weighted by atomic mass is 16.2. The fraction of sp³-hybridized carbons (Fsp3) is 0.500. The number of nitrogens with zero attached hydrogens (tertiary/aromatic N) is 2. The summed E-state index contributed by atoms with van der Waals surface area (Å²) in [6.45, 7) is 1.29. The van der Waals surface area contributed by atoms with Gasteiger partial charge in [-0.25, -0.2) is 0 Å². The number of nitrogens with one attached hydrogen (secondary N) is 2. The highest BCUT2D eigenvalue weighted by molar-refractivity contribution is 6.04. The average Bonchev–Trinajstić information content (AvgIpc) is 3.31. The first kappa shape index (κ1) is 15.2. The van der Waals surface area contributed by atoms with Crippen LogP contribution < -0.4 is 5.32 Å². The van der Waals surface area contributed by atoms with E-state index in [1.807, 2.05) is 29.2 Å². The Balaban J connectivity index is 1.37. The van der Waals surface area contributed by atoms with Gasteiger partial charge in [-0.15, -0.1) is 0 Å². The molecule has 4 rings (SSSR count). The molecule has 24 heavy (non-hydrogen) atoms. The first-order valence-corrected chi connectivity index (χ1v) is 8.73. The number of aromatic amines is 1. The summed E-state index contributed by atoms with van der Waals surface area (Å²) in [5, 5.41) is 10.8. The predicted octanol–water partition coefficient (Wildman–Crippen LogP) is 2.08. The number of carbonyl (C=O) groups excluding carboxylic acids is 2. The molecule has 2 N–H and O–H groups in total. The maximum absolute atomic E-state index is 12.4. The molecule has 2 heterocycles. The fourth-order valence-corrected chi connectivity index (χ4v) is 3.97. The van der Waals surface area contributed by atoms with Crippen molar-refractivity contribution in [2.75, 3.05) is 13.1 Å². The number of para-hydroxylation sites is 1. The summed E-state index contributed by atoms with van der Waals surface area (Å²) in [4.78, 5) is 26.7. The summed E-state index contributed by atoms with van der Waals surface area (Å²) in [6, 6.07) is 8.00. The zero-order valence-electron chi connectivity index (χ0n) is 13.6. The molecule has 1 saturated heterocycles. The van der Waals surface area contributed by atoms with Crippen molar-refractivity contribution in [2.24, 2.45) is 5.92 Å². The first-order chi connectivity index (χ1) is 11.7. The van der Waals surface area contributed by atoms with Crippen molar-refractivity contribution in [3.63, 3.8) is 0 Å².